The van der Waals surface area contributed by atoms with Crippen LogP contribution >= 0.6 is 23.5 Å². The third-order valence-corrected chi connectivity index (χ3v) is 8.30. The zero-order valence-corrected chi connectivity index (χ0v) is 22.0. The van der Waals surface area contributed by atoms with Crippen LogP contribution < -0.4 is 4.90 Å². The molecule has 8 heteroatoms. The van der Waals surface area contributed by atoms with Gasteiger partial charge in [-0.1, -0.05) is 68.1 Å². The number of carbonyl (C=O) groups excluding carboxylic acids is 1. The van der Waals surface area contributed by atoms with Crippen LogP contribution in [0.25, 0.3) is 0 Å². The molecule has 1 aliphatic heterocycles. The van der Waals surface area contributed by atoms with Crippen molar-refractivity contribution < 1.29 is 4.79 Å². The Balaban J connectivity index is 1.57. The van der Waals surface area contributed by atoms with E-state index in [-0.39, 0.29) is 11.9 Å². The first-order chi connectivity index (χ1) is 16.5. The minimum Gasteiger partial charge on any atom is -0.311 e. The quantitative estimate of drug-likeness (QED) is 0.393. The summed E-state index contributed by atoms with van der Waals surface area (Å²) in [7, 11) is 4.14. The molecule has 180 valence electrons. The van der Waals surface area contributed by atoms with Crippen molar-refractivity contribution in [3.8, 4) is 0 Å². The van der Waals surface area contributed by atoms with Crippen LogP contribution in [0, 0.1) is 0 Å². The van der Waals surface area contributed by atoms with Gasteiger partial charge >= 0.3 is 0 Å². The summed E-state index contributed by atoms with van der Waals surface area (Å²) < 4.78 is 2.18. The SMILES string of the molecule is CC[C@@H](c1nnc(SCC(=O)N2CC[C@@H](C)Sc3ccccc32)n1Cc1ccccc1)N(C)C. The highest BCUT2D eigenvalue weighted by atomic mass is 32.2. The van der Waals surface area contributed by atoms with E-state index in [0.29, 0.717) is 17.5 Å². The topological polar surface area (TPSA) is 54.3 Å². The van der Waals surface area contributed by atoms with Gasteiger partial charge in [-0.15, -0.1) is 22.0 Å². The second-order valence-electron chi connectivity index (χ2n) is 8.82. The Morgan fingerprint density at radius 1 is 1.15 bits per heavy atom. The van der Waals surface area contributed by atoms with Crippen LogP contribution in [0.2, 0.25) is 0 Å². The molecule has 0 N–H and O–H groups in total. The maximum atomic E-state index is 13.4. The molecule has 0 fully saturated rings. The van der Waals surface area contributed by atoms with E-state index in [2.05, 4.69) is 84.0 Å². The summed E-state index contributed by atoms with van der Waals surface area (Å²) in [6, 6.07) is 18.8. The fourth-order valence-corrected chi connectivity index (χ4v) is 6.23. The van der Waals surface area contributed by atoms with E-state index in [1.54, 1.807) is 0 Å². The average Bonchev–Trinajstić information content (AvgIpc) is 3.12. The lowest BCUT2D eigenvalue weighted by atomic mass is 10.2. The molecular formula is C26H33N5OS2. The predicted molar refractivity (Wildman–Crippen MR) is 142 cm³/mol. The number of amides is 1. The molecule has 1 amide bonds. The molecule has 1 aromatic heterocycles. The fourth-order valence-electron chi connectivity index (χ4n) is 4.30. The van der Waals surface area contributed by atoms with Gasteiger partial charge < -0.3 is 9.47 Å². The van der Waals surface area contributed by atoms with Crippen LogP contribution in [-0.2, 0) is 11.3 Å². The Bertz CT molecular complexity index is 1100. The van der Waals surface area contributed by atoms with Crippen LogP contribution in [0.5, 0.6) is 0 Å². The Morgan fingerprint density at radius 2 is 1.88 bits per heavy atom. The fraction of sp³-hybridized carbons (Fsp3) is 0.423. The lowest BCUT2D eigenvalue weighted by Gasteiger charge is -2.24. The van der Waals surface area contributed by atoms with Gasteiger partial charge in [-0.3, -0.25) is 9.69 Å². The third kappa shape index (κ3) is 5.67. The van der Waals surface area contributed by atoms with Crippen molar-refractivity contribution in [1.82, 2.24) is 19.7 Å². The zero-order valence-electron chi connectivity index (χ0n) is 20.3. The first-order valence-electron chi connectivity index (χ1n) is 11.8. The van der Waals surface area contributed by atoms with E-state index in [0.717, 1.165) is 36.1 Å². The van der Waals surface area contributed by atoms with Gasteiger partial charge in [0.15, 0.2) is 11.0 Å². The number of carbonyl (C=O) groups is 1. The molecule has 4 rings (SSSR count). The normalized spacial score (nSPS) is 16.9. The molecule has 1 aliphatic rings. The van der Waals surface area contributed by atoms with Gasteiger partial charge in [0.2, 0.25) is 5.91 Å². The molecule has 0 saturated heterocycles. The first kappa shape index (κ1) is 24.8. The van der Waals surface area contributed by atoms with Gasteiger partial charge in [0.25, 0.3) is 0 Å². The highest BCUT2D eigenvalue weighted by Crippen LogP contribution is 2.37. The molecule has 6 nitrogen and oxygen atoms in total. The van der Waals surface area contributed by atoms with Gasteiger partial charge in [-0.25, -0.2) is 0 Å². The maximum absolute atomic E-state index is 13.4. The number of nitrogens with zero attached hydrogens (tertiary/aromatic N) is 5. The summed E-state index contributed by atoms with van der Waals surface area (Å²) in [5, 5.41) is 10.4. The first-order valence-corrected chi connectivity index (χ1v) is 13.7. The van der Waals surface area contributed by atoms with E-state index in [1.807, 2.05) is 34.9 Å². The van der Waals surface area contributed by atoms with E-state index in [9.17, 15) is 4.79 Å². The Hall–Kier alpha value is -2.29. The number of benzene rings is 2. The lowest BCUT2D eigenvalue weighted by Crippen LogP contribution is -2.33. The van der Waals surface area contributed by atoms with Crippen LogP contribution in [0.4, 0.5) is 5.69 Å². The Morgan fingerprint density at radius 3 is 2.62 bits per heavy atom. The molecule has 3 aromatic rings. The lowest BCUT2D eigenvalue weighted by molar-refractivity contribution is -0.116. The van der Waals surface area contributed by atoms with Crippen molar-refractivity contribution in [3.63, 3.8) is 0 Å². The average molecular weight is 496 g/mol. The Kier molecular flexibility index (Phi) is 8.34. The summed E-state index contributed by atoms with van der Waals surface area (Å²) in [6.45, 7) is 5.82. The number of aromatic nitrogens is 3. The predicted octanol–water partition coefficient (Wildman–Crippen LogP) is 5.35. The maximum Gasteiger partial charge on any atom is 0.237 e. The standard InChI is InChI=1S/C26H33N5OS2/c1-5-21(29(3)4)25-27-28-26(31(25)17-20-11-7-6-8-12-20)33-18-24(32)30-16-15-19(2)34-23-14-10-9-13-22(23)30/h6-14,19,21H,5,15-18H2,1-4H3/t19-,21+/m1/s1. The molecular weight excluding hydrogens is 462 g/mol. The minimum absolute atomic E-state index is 0.114. The highest BCUT2D eigenvalue weighted by Gasteiger charge is 2.26. The molecule has 0 spiro atoms. The van der Waals surface area contributed by atoms with Gasteiger partial charge in [-0.05, 0) is 44.6 Å². The van der Waals surface area contributed by atoms with Crippen LogP contribution in [-0.4, -0.2) is 57.2 Å². The Labute approximate surface area is 211 Å². The number of thioether (sulfide) groups is 2. The zero-order chi connectivity index (χ0) is 24.1. The van der Waals surface area contributed by atoms with Gasteiger partial charge in [0, 0.05) is 16.7 Å². The van der Waals surface area contributed by atoms with Crippen molar-refractivity contribution in [2.24, 2.45) is 0 Å². The summed E-state index contributed by atoms with van der Waals surface area (Å²) in [6.07, 6.45) is 1.91. The van der Waals surface area contributed by atoms with Gasteiger partial charge in [-0.2, -0.15) is 0 Å². The minimum atomic E-state index is 0.114. The van der Waals surface area contributed by atoms with Crippen molar-refractivity contribution >= 4 is 35.1 Å². The summed E-state index contributed by atoms with van der Waals surface area (Å²) in [5.74, 6) is 1.39. The number of fused-ring (bicyclic) bond motifs is 1. The van der Waals surface area contributed by atoms with Gasteiger partial charge in [0.1, 0.15) is 0 Å². The van der Waals surface area contributed by atoms with Crippen molar-refractivity contribution in [1.29, 1.82) is 0 Å². The van der Waals surface area contributed by atoms with Crippen molar-refractivity contribution in [2.75, 3.05) is 31.3 Å². The van der Waals surface area contributed by atoms with E-state index in [1.165, 1.54) is 22.2 Å². The smallest absolute Gasteiger partial charge is 0.237 e. The van der Waals surface area contributed by atoms with Crippen LogP contribution in [0.15, 0.2) is 64.6 Å². The number of hydrogen-bond donors (Lipinski definition) is 0. The largest absolute Gasteiger partial charge is 0.311 e. The summed E-state index contributed by atoms with van der Waals surface area (Å²) in [5.41, 5.74) is 2.21. The van der Waals surface area contributed by atoms with E-state index in [4.69, 9.17) is 0 Å². The molecule has 0 unspecified atom stereocenters. The molecule has 0 radical (unpaired) electrons. The molecule has 0 aliphatic carbocycles. The molecule has 2 heterocycles. The van der Waals surface area contributed by atoms with Gasteiger partial charge in [0.05, 0.1) is 24.0 Å². The number of para-hydroxylation sites is 1. The molecule has 0 saturated carbocycles. The third-order valence-electron chi connectivity index (χ3n) is 6.11. The molecule has 34 heavy (non-hydrogen) atoms. The highest BCUT2D eigenvalue weighted by molar-refractivity contribution is 8.00. The van der Waals surface area contributed by atoms with Crippen molar-refractivity contribution in [3.05, 3.63) is 66.0 Å². The second kappa shape index (κ2) is 11.4. The molecule has 2 aromatic carbocycles. The van der Waals surface area contributed by atoms with E-state index >= 15 is 0 Å². The van der Waals surface area contributed by atoms with Crippen LogP contribution in [0.1, 0.15) is 44.1 Å². The van der Waals surface area contributed by atoms with Crippen LogP contribution in [0.3, 0.4) is 0 Å². The number of hydrogen-bond acceptors (Lipinski definition) is 6. The van der Waals surface area contributed by atoms with E-state index < -0.39 is 0 Å². The number of rotatable bonds is 8. The molecule has 0 bridgehead atoms. The number of anilines is 1. The van der Waals surface area contributed by atoms with Crippen molar-refractivity contribution in [2.45, 2.75) is 54.6 Å². The monoisotopic (exact) mass is 495 g/mol. The second-order valence-corrected chi connectivity index (χ2v) is 11.2. The summed E-state index contributed by atoms with van der Waals surface area (Å²) in [4.78, 5) is 18.7. The molecule has 2 atom stereocenters. The summed E-state index contributed by atoms with van der Waals surface area (Å²) >= 11 is 3.34.